The minimum Gasteiger partial charge on any atom is -0.497 e. The largest absolute Gasteiger partial charge is 0.497 e. The molecule has 3 amide bonds. The third kappa shape index (κ3) is 5.35. The van der Waals surface area contributed by atoms with Crippen molar-refractivity contribution in [2.45, 2.75) is 48.9 Å². The van der Waals surface area contributed by atoms with Crippen LogP contribution in [0.25, 0.3) is 0 Å². The van der Waals surface area contributed by atoms with Gasteiger partial charge in [0.2, 0.25) is 17.7 Å². The summed E-state index contributed by atoms with van der Waals surface area (Å²) in [5, 5.41) is 2.47. The van der Waals surface area contributed by atoms with E-state index in [2.05, 4.69) is 26.1 Å². The van der Waals surface area contributed by atoms with Crippen LogP contribution < -0.4 is 19.8 Å². The number of fused-ring (bicyclic) bond motifs is 2. The maximum Gasteiger partial charge on any atom is 0.308 e. The first-order valence-corrected chi connectivity index (χ1v) is 15.7. The van der Waals surface area contributed by atoms with Gasteiger partial charge in [-0.3, -0.25) is 23.7 Å². The van der Waals surface area contributed by atoms with Crippen molar-refractivity contribution in [3.63, 3.8) is 0 Å². The highest BCUT2D eigenvalue weighted by Gasteiger charge is 2.56. The molecule has 3 atom stereocenters. The molecular weight excluding hydrogens is 602 g/mol. The number of benzene rings is 3. The Labute approximate surface area is 261 Å². The summed E-state index contributed by atoms with van der Waals surface area (Å²) in [6.45, 7) is 6.06. The first kappa shape index (κ1) is 29.8. The third-order valence-corrected chi connectivity index (χ3v) is 10.5. The van der Waals surface area contributed by atoms with Crippen molar-refractivity contribution in [2.75, 3.05) is 17.3 Å². The van der Waals surface area contributed by atoms with Gasteiger partial charge in [-0.15, -0.1) is 0 Å². The lowest BCUT2D eigenvalue weighted by Crippen LogP contribution is -2.33. The number of ether oxygens (including phenoxy) is 1. The fraction of sp³-hybridized carbons (Fsp3) is 0.273. The highest BCUT2D eigenvalue weighted by atomic mass is 32.2. The first-order valence-electron chi connectivity index (χ1n) is 14.0. The number of amides is 3. The highest BCUT2D eigenvalue weighted by Crippen LogP contribution is 2.54. The molecule has 3 heterocycles. The van der Waals surface area contributed by atoms with Crippen LogP contribution >= 0.6 is 23.1 Å². The number of imide groups is 1. The van der Waals surface area contributed by atoms with Gasteiger partial charge in [0.05, 0.1) is 23.7 Å². The summed E-state index contributed by atoms with van der Waals surface area (Å²) in [5.41, 5.74) is 2.64. The van der Waals surface area contributed by atoms with Gasteiger partial charge in [-0.25, -0.2) is 9.29 Å². The Balaban J connectivity index is 1.40. The van der Waals surface area contributed by atoms with E-state index in [-0.39, 0.29) is 22.5 Å². The van der Waals surface area contributed by atoms with Gasteiger partial charge in [-0.1, -0.05) is 68.1 Å². The molecule has 0 saturated carbocycles. The van der Waals surface area contributed by atoms with Gasteiger partial charge >= 0.3 is 4.87 Å². The molecule has 44 heavy (non-hydrogen) atoms. The molecule has 1 N–H and O–H groups in total. The summed E-state index contributed by atoms with van der Waals surface area (Å²) in [4.78, 5) is 55.8. The smallest absolute Gasteiger partial charge is 0.308 e. The molecule has 2 aliphatic heterocycles. The van der Waals surface area contributed by atoms with E-state index in [0.29, 0.717) is 21.3 Å². The Hall–Kier alpha value is -4.22. The number of rotatable bonds is 6. The average molecular weight is 632 g/mol. The van der Waals surface area contributed by atoms with Crippen molar-refractivity contribution in [1.29, 1.82) is 0 Å². The average Bonchev–Trinajstić information content (AvgIpc) is 3.43. The predicted octanol–water partition coefficient (Wildman–Crippen LogP) is 5.79. The second-order valence-corrected chi connectivity index (χ2v) is 13.9. The Morgan fingerprint density at radius 1 is 0.932 bits per heavy atom. The van der Waals surface area contributed by atoms with E-state index in [4.69, 9.17) is 4.74 Å². The third-order valence-electron chi connectivity index (χ3n) is 7.95. The summed E-state index contributed by atoms with van der Waals surface area (Å²) in [6.07, 6.45) is 0. The number of anilines is 2. The number of thiazole rings is 1. The zero-order chi connectivity index (χ0) is 31.3. The molecule has 226 valence electrons. The predicted molar refractivity (Wildman–Crippen MR) is 169 cm³/mol. The molecular formula is C33H30FN3O5S2. The monoisotopic (exact) mass is 631 g/mol. The van der Waals surface area contributed by atoms with Crippen LogP contribution in [0.3, 0.4) is 0 Å². The minimum absolute atomic E-state index is 0.0987. The number of hydrogen-bond acceptors (Lipinski definition) is 7. The summed E-state index contributed by atoms with van der Waals surface area (Å²) in [6, 6.07) is 20.0. The molecule has 1 fully saturated rings. The molecule has 1 saturated heterocycles. The lowest BCUT2D eigenvalue weighted by atomic mass is 9.81. The quantitative estimate of drug-likeness (QED) is 0.271. The minimum atomic E-state index is -0.836. The number of hydrogen-bond donors (Lipinski definition) is 1. The van der Waals surface area contributed by atoms with Crippen LogP contribution in [-0.2, 0) is 26.3 Å². The molecule has 3 aromatic carbocycles. The van der Waals surface area contributed by atoms with E-state index in [1.165, 1.54) is 28.8 Å². The maximum atomic E-state index is 14.0. The fourth-order valence-corrected chi connectivity index (χ4v) is 8.44. The number of nitrogens with one attached hydrogen (secondary N) is 1. The summed E-state index contributed by atoms with van der Waals surface area (Å²) < 4.78 is 20.2. The summed E-state index contributed by atoms with van der Waals surface area (Å²) >= 11 is 2.13. The molecule has 0 aliphatic carbocycles. The van der Waals surface area contributed by atoms with Crippen LogP contribution in [0.5, 0.6) is 5.75 Å². The Kier molecular flexibility index (Phi) is 7.71. The summed E-state index contributed by atoms with van der Waals surface area (Å²) in [5.74, 6) is -2.46. The number of aromatic nitrogens is 1. The van der Waals surface area contributed by atoms with Crippen molar-refractivity contribution in [1.82, 2.24) is 4.57 Å². The van der Waals surface area contributed by atoms with E-state index in [1.807, 2.05) is 24.3 Å². The van der Waals surface area contributed by atoms with Gasteiger partial charge in [-0.05, 0) is 65.1 Å². The second-order valence-electron chi connectivity index (χ2n) is 11.8. The highest BCUT2D eigenvalue weighted by molar-refractivity contribution is 8.00. The first-order chi connectivity index (χ1) is 21.0. The number of methoxy groups -OCH3 is 1. The van der Waals surface area contributed by atoms with Crippen LogP contribution in [0.1, 0.15) is 42.7 Å². The van der Waals surface area contributed by atoms with Gasteiger partial charge in [0, 0.05) is 16.5 Å². The lowest BCUT2D eigenvalue weighted by Gasteiger charge is -2.31. The van der Waals surface area contributed by atoms with Gasteiger partial charge in [0.25, 0.3) is 0 Å². The van der Waals surface area contributed by atoms with E-state index < -0.39 is 40.6 Å². The molecule has 2 unspecified atom stereocenters. The zero-order valence-corrected chi connectivity index (χ0v) is 26.1. The van der Waals surface area contributed by atoms with E-state index >= 15 is 0 Å². The molecule has 0 bridgehead atoms. The fourth-order valence-electron chi connectivity index (χ4n) is 5.67. The van der Waals surface area contributed by atoms with Crippen molar-refractivity contribution in [2.24, 2.45) is 5.92 Å². The SMILES string of the molecule is COc1ccc(NC(=O)Cn2c3c(sc2=O)[C@H](c2ccc(C(C)(C)C)cc2)C2C(=O)N(c4ccc(F)cc4)C(=O)C2S3)cc1. The molecule has 6 rings (SSSR count). The number of nitrogens with zero attached hydrogens (tertiary/aromatic N) is 2. The standard InChI is InChI=1S/C33H30FN3O5S2/c1-33(2,3)19-7-5-18(6-8-19)25-26-27(30(40)37(29(26)39)22-13-9-20(34)10-14-22)43-31-28(25)44-32(41)36(31)17-24(38)35-21-11-15-23(42-4)16-12-21/h5-16,25-27H,17H2,1-4H3,(H,35,38)/t25-,26?,27?/m1/s1. The van der Waals surface area contributed by atoms with Crippen LogP contribution in [0.2, 0.25) is 0 Å². The molecule has 8 nitrogen and oxygen atoms in total. The van der Waals surface area contributed by atoms with Crippen molar-refractivity contribution < 1.29 is 23.5 Å². The van der Waals surface area contributed by atoms with Crippen LogP contribution in [0.15, 0.2) is 82.6 Å². The molecule has 1 aromatic heterocycles. The topological polar surface area (TPSA) is 97.7 Å². The van der Waals surface area contributed by atoms with E-state index in [0.717, 1.165) is 39.1 Å². The zero-order valence-electron chi connectivity index (χ0n) is 24.5. The van der Waals surface area contributed by atoms with Crippen molar-refractivity contribution >= 4 is 52.2 Å². The Bertz CT molecular complexity index is 1810. The summed E-state index contributed by atoms with van der Waals surface area (Å²) in [7, 11) is 1.55. The molecule has 2 aliphatic rings. The number of carbonyl (C=O) groups is 3. The van der Waals surface area contributed by atoms with Gasteiger partial charge in [0.15, 0.2) is 0 Å². The maximum absolute atomic E-state index is 14.0. The lowest BCUT2D eigenvalue weighted by molar-refractivity contribution is -0.122. The van der Waals surface area contributed by atoms with Gasteiger partial charge in [0.1, 0.15) is 23.4 Å². The van der Waals surface area contributed by atoms with Crippen LogP contribution in [0.4, 0.5) is 15.8 Å². The molecule has 11 heteroatoms. The van der Waals surface area contributed by atoms with Crippen LogP contribution in [-0.4, -0.2) is 34.6 Å². The number of thioether (sulfide) groups is 1. The Morgan fingerprint density at radius 3 is 2.20 bits per heavy atom. The van der Waals surface area contributed by atoms with E-state index in [9.17, 15) is 23.6 Å². The van der Waals surface area contributed by atoms with Gasteiger partial charge < -0.3 is 10.1 Å². The number of halogens is 1. The molecule has 4 aromatic rings. The second kappa shape index (κ2) is 11.4. The van der Waals surface area contributed by atoms with E-state index in [1.54, 1.807) is 31.4 Å². The normalized spacial score (nSPS) is 19.5. The van der Waals surface area contributed by atoms with Gasteiger partial charge in [-0.2, -0.15) is 0 Å². The van der Waals surface area contributed by atoms with Crippen molar-refractivity contribution in [3.05, 3.63) is 104 Å². The number of carbonyl (C=O) groups excluding carboxylic acids is 3. The van der Waals surface area contributed by atoms with Crippen LogP contribution in [0, 0.1) is 11.7 Å². The molecule has 0 radical (unpaired) electrons. The molecule has 0 spiro atoms. The Morgan fingerprint density at radius 2 is 1.59 bits per heavy atom. The van der Waals surface area contributed by atoms with Crippen molar-refractivity contribution in [3.8, 4) is 5.75 Å².